The molecule has 0 unspecified atom stereocenters. The first kappa shape index (κ1) is 20.9. The Morgan fingerprint density at radius 1 is 1.12 bits per heavy atom. The van der Waals surface area contributed by atoms with E-state index in [-0.39, 0.29) is 0 Å². The fourth-order valence-corrected chi connectivity index (χ4v) is 2.46. The van der Waals surface area contributed by atoms with Crippen LogP contribution in [0.1, 0.15) is 45.2 Å². The fraction of sp³-hybridized carbons (Fsp3) is 0.500. The molecule has 0 bridgehead atoms. The van der Waals surface area contributed by atoms with Crippen molar-refractivity contribution in [3.63, 3.8) is 0 Å². The molecule has 1 aromatic rings. The van der Waals surface area contributed by atoms with Crippen molar-refractivity contribution in [3.05, 3.63) is 47.7 Å². The second kappa shape index (κ2) is 11.4. The number of hydrazone groups is 1. The largest absolute Gasteiger partial charge is 0.323 e. The van der Waals surface area contributed by atoms with Crippen LogP contribution in [0.25, 0.3) is 0 Å². The number of nitrogens with zero attached hydrogens (tertiary/aromatic N) is 3. The summed E-state index contributed by atoms with van der Waals surface area (Å²) in [6, 6.07) is 8.24. The van der Waals surface area contributed by atoms with Gasteiger partial charge in [0.15, 0.2) is 0 Å². The lowest BCUT2D eigenvalue weighted by molar-refractivity contribution is 0.302. The van der Waals surface area contributed by atoms with Gasteiger partial charge in [-0.1, -0.05) is 64.1 Å². The van der Waals surface area contributed by atoms with Gasteiger partial charge < -0.3 is 10.2 Å². The van der Waals surface area contributed by atoms with Crippen molar-refractivity contribution in [1.82, 2.24) is 15.6 Å². The number of rotatable bonds is 7. The van der Waals surface area contributed by atoms with E-state index in [4.69, 9.17) is 0 Å². The summed E-state index contributed by atoms with van der Waals surface area (Å²) in [6.07, 6.45) is 1.04. The summed E-state index contributed by atoms with van der Waals surface area (Å²) in [7, 11) is 0. The van der Waals surface area contributed by atoms with E-state index in [2.05, 4.69) is 77.4 Å². The van der Waals surface area contributed by atoms with Crippen molar-refractivity contribution in [2.45, 2.75) is 41.0 Å². The molecule has 0 aromatic heterocycles. The van der Waals surface area contributed by atoms with Crippen molar-refractivity contribution >= 4 is 11.7 Å². The van der Waals surface area contributed by atoms with E-state index < -0.39 is 0 Å². The Kier molecular flexibility index (Phi) is 9.55. The summed E-state index contributed by atoms with van der Waals surface area (Å²) in [6.45, 7) is 18.5. The van der Waals surface area contributed by atoms with Crippen LogP contribution in [0.3, 0.4) is 0 Å². The average Bonchev–Trinajstić information content (AvgIpc) is 2.65. The van der Waals surface area contributed by atoms with E-state index in [1.807, 2.05) is 13.8 Å². The highest BCUT2D eigenvalue weighted by Gasteiger charge is 2.15. The van der Waals surface area contributed by atoms with Gasteiger partial charge in [-0.3, -0.25) is 4.99 Å². The van der Waals surface area contributed by atoms with Gasteiger partial charge in [-0.05, 0) is 33.0 Å². The fourth-order valence-electron chi connectivity index (χ4n) is 2.46. The van der Waals surface area contributed by atoms with Gasteiger partial charge in [0, 0.05) is 12.1 Å². The standard InChI is InChI=1S/C18H27N5.C2H6/c1-5-23(6-2)13-7-12-19-18-20-15(4)17(21-22-18)16-10-8-14(3)9-11-16;1-2/h8-11H,4-7,12-13H2,1-3H3,(H2,19,20,22);1-2H3. The van der Waals surface area contributed by atoms with Crippen LogP contribution in [0.4, 0.5) is 0 Å². The molecule has 0 radical (unpaired) electrons. The van der Waals surface area contributed by atoms with E-state index in [9.17, 15) is 0 Å². The molecule has 1 aliphatic rings. The monoisotopic (exact) mass is 343 g/mol. The van der Waals surface area contributed by atoms with Crippen molar-refractivity contribution in [3.8, 4) is 0 Å². The number of hydrogen-bond donors (Lipinski definition) is 2. The number of nitrogens with one attached hydrogen (secondary N) is 2. The second-order valence-electron chi connectivity index (χ2n) is 5.65. The van der Waals surface area contributed by atoms with E-state index in [1.54, 1.807) is 0 Å². The third-order valence-electron chi connectivity index (χ3n) is 3.95. The summed E-state index contributed by atoms with van der Waals surface area (Å²) >= 11 is 0. The topological polar surface area (TPSA) is 52.0 Å². The van der Waals surface area contributed by atoms with Gasteiger partial charge in [-0.25, -0.2) is 5.43 Å². The Hall–Kier alpha value is -2.14. The predicted molar refractivity (Wildman–Crippen MR) is 109 cm³/mol. The molecule has 0 aliphatic carbocycles. The Morgan fingerprint density at radius 3 is 2.32 bits per heavy atom. The van der Waals surface area contributed by atoms with Gasteiger partial charge in [0.1, 0.15) is 5.71 Å². The molecule has 0 saturated carbocycles. The first-order chi connectivity index (χ1) is 12.1. The maximum atomic E-state index is 4.52. The van der Waals surface area contributed by atoms with Crippen molar-refractivity contribution < 1.29 is 0 Å². The smallest absolute Gasteiger partial charge is 0.216 e. The molecule has 0 fully saturated rings. The highest BCUT2D eigenvalue weighted by atomic mass is 15.4. The van der Waals surface area contributed by atoms with Crippen LogP contribution in [0, 0.1) is 6.92 Å². The second-order valence-corrected chi connectivity index (χ2v) is 5.65. The van der Waals surface area contributed by atoms with Gasteiger partial charge in [-0.2, -0.15) is 5.10 Å². The van der Waals surface area contributed by atoms with Gasteiger partial charge in [0.05, 0.1) is 5.70 Å². The zero-order chi connectivity index (χ0) is 18.7. The molecule has 25 heavy (non-hydrogen) atoms. The Bertz CT molecular complexity index is 583. The number of hydrogen-bond acceptors (Lipinski definition) is 3. The van der Waals surface area contributed by atoms with Crippen molar-refractivity contribution in [1.29, 1.82) is 0 Å². The number of guanidine groups is 1. The van der Waals surface area contributed by atoms with Crippen LogP contribution in [-0.2, 0) is 0 Å². The lowest BCUT2D eigenvalue weighted by Gasteiger charge is -2.20. The zero-order valence-electron chi connectivity index (χ0n) is 16.4. The van der Waals surface area contributed by atoms with E-state index in [1.165, 1.54) is 5.56 Å². The van der Waals surface area contributed by atoms with Crippen molar-refractivity contribution in [2.24, 2.45) is 10.1 Å². The zero-order valence-corrected chi connectivity index (χ0v) is 16.4. The molecular weight excluding hydrogens is 310 g/mol. The van der Waals surface area contributed by atoms with Crippen LogP contribution in [0.5, 0.6) is 0 Å². The molecule has 5 nitrogen and oxygen atoms in total. The molecule has 1 heterocycles. The molecule has 2 rings (SSSR count). The average molecular weight is 344 g/mol. The van der Waals surface area contributed by atoms with Gasteiger partial charge in [-0.15, -0.1) is 0 Å². The summed E-state index contributed by atoms with van der Waals surface area (Å²) in [5, 5.41) is 7.60. The third kappa shape index (κ3) is 6.70. The molecule has 0 amide bonds. The third-order valence-corrected chi connectivity index (χ3v) is 3.95. The molecule has 1 aromatic carbocycles. The van der Waals surface area contributed by atoms with Crippen LogP contribution in [0.15, 0.2) is 46.6 Å². The van der Waals surface area contributed by atoms with Crippen LogP contribution in [0.2, 0.25) is 0 Å². The summed E-state index contributed by atoms with van der Waals surface area (Å²) < 4.78 is 0. The van der Waals surface area contributed by atoms with Gasteiger partial charge in [0.2, 0.25) is 5.96 Å². The Morgan fingerprint density at radius 2 is 1.76 bits per heavy atom. The summed E-state index contributed by atoms with van der Waals surface area (Å²) in [4.78, 5) is 6.91. The lowest BCUT2D eigenvalue weighted by Crippen LogP contribution is -2.41. The molecule has 5 heteroatoms. The van der Waals surface area contributed by atoms with E-state index in [0.29, 0.717) is 5.96 Å². The number of allylic oxidation sites excluding steroid dienone is 1. The van der Waals surface area contributed by atoms with Crippen LogP contribution < -0.4 is 10.7 Å². The number of aliphatic imine (C=N–C) groups is 1. The molecule has 1 aliphatic heterocycles. The maximum absolute atomic E-state index is 4.52. The highest BCUT2D eigenvalue weighted by molar-refractivity contribution is 6.15. The minimum Gasteiger partial charge on any atom is -0.323 e. The van der Waals surface area contributed by atoms with Crippen molar-refractivity contribution in [2.75, 3.05) is 26.2 Å². The minimum atomic E-state index is 0.672. The highest BCUT2D eigenvalue weighted by Crippen LogP contribution is 2.10. The van der Waals surface area contributed by atoms with Gasteiger partial charge in [0.25, 0.3) is 0 Å². The summed E-state index contributed by atoms with van der Waals surface area (Å²) in [5.74, 6) is 0.672. The predicted octanol–water partition coefficient (Wildman–Crippen LogP) is 3.52. The Labute approximate surface area is 152 Å². The molecule has 0 spiro atoms. The quantitative estimate of drug-likeness (QED) is 0.745. The molecule has 0 saturated heterocycles. The molecule has 138 valence electrons. The normalized spacial score (nSPS) is 15.2. The van der Waals surface area contributed by atoms with Gasteiger partial charge >= 0.3 is 0 Å². The van der Waals surface area contributed by atoms with Crippen LogP contribution in [-0.4, -0.2) is 42.8 Å². The minimum absolute atomic E-state index is 0.672. The molecular formula is C20H33N5. The molecule has 2 N–H and O–H groups in total. The van der Waals surface area contributed by atoms with E-state index in [0.717, 1.165) is 49.6 Å². The van der Waals surface area contributed by atoms with E-state index >= 15 is 0 Å². The molecule has 0 atom stereocenters. The number of benzene rings is 1. The Balaban J connectivity index is 0.00000151. The first-order valence-corrected chi connectivity index (χ1v) is 9.27. The lowest BCUT2D eigenvalue weighted by atomic mass is 10.1. The SMILES string of the molecule is C=C1NC(=NCCCN(CC)CC)NN=C1c1ccc(C)cc1.CC. The summed E-state index contributed by atoms with van der Waals surface area (Å²) in [5.41, 5.74) is 6.85. The van der Waals surface area contributed by atoms with Crippen LogP contribution >= 0.6 is 0 Å². The first-order valence-electron chi connectivity index (χ1n) is 9.27. The number of aryl methyl sites for hydroxylation is 1. The maximum Gasteiger partial charge on any atom is 0.216 e.